The van der Waals surface area contributed by atoms with Gasteiger partial charge < -0.3 is 49.2 Å². The van der Waals surface area contributed by atoms with Crippen molar-refractivity contribution in [2.45, 2.75) is 68.1 Å². The molecular weight excluding hydrogens is 632 g/mol. The van der Waals surface area contributed by atoms with Gasteiger partial charge in [0.2, 0.25) is 5.91 Å². The number of methoxy groups -OCH3 is 4. The van der Waals surface area contributed by atoms with Crippen molar-refractivity contribution in [3.63, 3.8) is 0 Å². The minimum Gasteiger partial charge on any atom is -0.496 e. The number of rotatable bonds is 10. The highest BCUT2D eigenvalue weighted by Crippen LogP contribution is 2.68. The van der Waals surface area contributed by atoms with Crippen LogP contribution in [0, 0.1) is 5.92 Å². The number of hydrogen-bond acceptors (Lipinski definition) is 10. The molecule has 7 atom stereocenters. The molecule has 0 aromatic heterocycles. The van der Waals surface area contributed by atoms with Gasteiger partial charge in [0.25, 0.3) is 5.91 Å². The zero-order valence-electron chi connectivity index (χ0n) is 28.6. The number of likely N-dealkylation sites (tertiary alicyclic amines) is 1. The maximum absolute atomic E-state index is 15.2. The van der Waals surface area contributed by atoms with Crippen molar-refractivity contribution in [2.75, 3.05) is 35.0 Å². The molecule has 1 saturated carbocycles. The molecule has 2 amide bonds. The van der Waals surface area contributed by atoms with Crippen LogP contribution in [0.2, 0.25) is 0 Å². The summed E-state index contributed by atoms with van der Waals surface area (Å²) >= 11 is 0. The first-order chi connectivity index (χ1) is 23.4. The number of nitrogens with zero attached hydrogens (tertiary/aromatic N) is 1. The Morgan fingerprint density at radius 1 is 0.980 bits per heavy atom. The number of benzene rings is 3. The molecule has 12 nitrogen and oxygen atoms in total. The summed E-state index contributed by atoms with van der Waals surface area (Å²) in [4.78, 5) is 29.9. The van der Waals surface area contributed by atoms with Crippen molar-refractivity contribution >= 4 is 11.8 Å². The van der Waals surface area contributed by atoms with E-state index in [4.69, 9.17) is 23.7 Å². The number of carbonyl (C=O) groups excluding carboxylic acids is 2. The summed E-state index contributed by atoms with van der Waals surface area (Å²) in [7, 11) is 5.92. The molecule has 3 aromatic rings. The predicted octanol–water partition coefficient (Wildman–Crippen LogP) is 3.20. The van der Waals surface area contributed by atoms with Gasteiger partial charge in [0.05, 0.1) is 39.9 Å². The van der Waals surface area contributed by atoms with Gasteiger partial charge in [-0.3, -0.25) is 9.59 Å². The van der Waals surface area contributed by atoms with E-state index in [-0.39, 0.29) is 30.0 Å². The Labute approximate surface area is 285 Å². The summed E-state index contributed by atoms with van der Waals surface area (Å²) < 4.78 is 29.4. The van der Waals surface area contributed by atoms with Crippen LogP contribution in [-0.2, 0) is 20.8 Å². The Morgan fingerprint density at radius 3 is 2.31 bits per heavy atom. The van der Waals surface area contributed by atoms with Crippen molar-refractivity contribution in [2.24, 2.45) is 5.92 Å². The molecule has 1 saturated heterocycles. The smallest absolute Gasteiger partial charge is 0.253 e. The highest BCUT2D eigenvalue weighted by molar-refractivity contribution is 5.87. The van der Waals surface area contributed by atoms with Gasteiger partial charge in [0, 0.05) is 30.2 Å². The fourth-order valence-electron chi connectivity index (χ4n) is 7.82. The second-order valence-electron chi connectivity index (χ2n) is 13.1. The van der Waals surface area contributed by atoms with E-state index in [0.29, 0.717) is 41.2 Å². The van der Waals surface area contributed by atoms with Gasteiger partial charge in [-0.1, -0.05) is 43.3 Å². The Hall–Kier alpha value is -4.52. The van der Waals surface area contributed by atoms with Crippen LogP contribution in [-0.4, -0.2) is 84.9 Å². The Morgan fingerprint density at radius 2 is 1.67 bits per heavy atom. The van der Waals surface area contributed by atoms with Crippen molar-refractivity contribution in [1.82, 2.24) is 10.2 Å². The number of aliphatic hydroxyl groups is 3. The largest absolute Gasteiger partial charge is 0.496 e. The number of amides is 2. The number of carbonyl (C=O) groups is 2. The lowest BCUT2D eigenvalue weighted by Crippen LogP contribution is -2.57. The minimum absolute atomic E-state index is 0.102. The lowest BCUT2D eigenvalue weighted by atomic mass is 9.75. The molecule has 2 aliphatic heterocycles. The lowest BCUT2D eigenvalue weighted by molar-refractivity contribution is -0.168. The van der Waals surface area contributed by atoms with Crippen LogP contribution < -0.4 is 29.0 Å². The fourth-order valence-corrected chi connectivity index (χ4v) is 7.82. The molecule has 6 rings (SSSR count). The van der Waals surface area contributed by atoms with E-state index in [1.54, 1.807) is 37.3 Å². The van der Waals surface area contributed by atoms with E-state index in [1.807, 2.05) is 30.3 Å². The third kappa shape index (κ3) is 5.15. The number of hydrogen-bond donors (Lipinski definition) is 4. The molecule has 0 spiro atoms. The zero-order chi connectivity index (χ0) is 35.3. The van der Waals surface area contributed by atoms with Gasteiger partial charge in [-0.25, -0.2) is 0 Å². The molecule has 0 radical (unpaired) electrons. The average molecular weight is 677 g/mol. The maximum atomic E-state index is 15.2. The van der Waals surface area contributed by atoms with E-state index in [1.165, 1.54) is 40.3 Å². The molecule has 2 heterocycles. The molecule has 2 fully saturated rings. The zero-order valence-corrected chi connectivity index (χ0v) is 28.6. The second kappa shape index (κ2) is 12.7. The number of nitrogens with one attached hydrogen (secondary N) is 1. The molecule has 3 aliphatic rings. The number of aliphatic hydroxyl groups excluding tert-OH is 1. The van der Waals surface area contributed by atoms with Crippen molar-refractivity contribution < 1.29 is 48.6 Å². The lowest BCUT2D eigenvalue weighted by Gasteiger charge is -2.45. The predicted molar refractivity (Wildman–Crippen MR) is 178 cm³/mol. The summed E-state index contributed by atoms with van der Waals surface area (Å²) in [6.07, 6.45) is -1.29. The fraction of sp³-hybridized carbons (Fsp3) is 0.459. The van der Waals surface area contributed by atoms with Gasteiger partial charge in [-0.15, -0.1) is 0 Å². The van der Waals surface area contributed by atoms with Crippen LogP contribution in [0.25, 0.3) is 0 Å². The SMILES string of the molecule is CCC(C)(O)C(=O)N[C@@H]1CCCN1C(=O)[C@H]1[C@H](c2ccccc2)[C@]2(c3ccc(OC)c(OC)c3)Oc3cc(OC)cc(OC)c3[C@@]1(O)[C@H]2O. The summed E-state index contributed by atoms with van der Waals surface area (Å²) in [6.45, 7) is 3.40. The van der Waals surface area contributed by atoms with Crippen LogP contribution >= 0.6 is 0 Å². The molecule has 1 unspecified atom stereocenters. The van der Waals surface area contributed by atoms with E-state index < -0.39 is 52.7 Å². The Bertz CT molecular complexity index is 1730. The third-order valence-electron chi connectivity index (χ3n) is 10.5. The first kappa shape index (κ1) is 34.3. The van der Waals surface area contributed by atoms with Crippen molar-refractivity contribution in [3.8, 4) is 28.7 Å². The number of fused-ring (bicyclic) bond motifs is 4. The molecule has 2 bridgehead atoms. The van der Waals surface area contributed by atoms with E-state index >= 15 is 4.79 Å². The molecule has 4 N–H and O–H groups in total. The first-order valence-electron chi connectivity index (χ1n) is 16.4. The minimum atomic E-state index is -2.28. The Kier molecular flexibility index (Phi) is 8.93. The van der Waals surface area contributed by atoms with Crippen molar-refractivity contribution in [3.05, 3.63) is 77.4 Å². The quantitative estimate of drug-likeness (QED) is 0.252. The van der Waals surface area contributed by atoms with Crippen LogP contribution in [0.5, 0.6) is 28.7 Å². The van der Waals surface area contributed by atoms with Crippen LogP contribution in [0.3, 0.4) is 0 Å². The van der Waals surface area contributed by atoms with E-state index in [2.05, 4.69) is 5.32 Å². The molecule has 1 aliphatic carbocycles. The highest BCUT2D eigenvalue weighted by Gasteiger charge is 2.76. The van der Waals surface area contributed by atoms with Gasteiger partial charge in [0.15, 0.2) is 17.1 Å². The monoisotopic (exact) mass is 676 g/mol. The molecule has 262 valence electrons. The Balaban J connectivity index is 1.62. The third-order valence-corrected chi connectivity index (χ3v) is 10.5. The standard InChI is InChI=1S/C37H44N2O10/c1-7-35(2,43)34(42)38-28-14-11-17-39(28)32(40)31-29(21-12-9-8-10-13-21)37(22-15-16-24(46-4)25(18-22)47-5)33(41)36(31,44)30-26(48-6)19-23(45-3)20-27(30)49-37/h8-10,12-13,15-16,18-20,28-29,31,33,41,43-44H,7,11,14,17H2,1-6H3,(H,38,42)/t28-,29-,31+,33+,35?,36-,37-/m0/s1. The highest BCUT2D eigenvalue weighted by atomic mass is 16.5. The van der Waals surface area contributed by atoms with Gasteiger partial charge in [-0.05, 0) is 43.9 Å². The number of ether oxygens (including phenoxy) is 5. The summed E-state index contributed by atoms with van der Waals surface area (Å²) in [5, 5.41) is 39.5. The van der Waals surface area contributed by atoms with Gasteiger partial charge in [0.1, 0.15) is 40.7 Å². The molecule has 49 heavy (non-hydrogen) atoms. The summed E-state index contributed by atoms with van der Waals surface area (Å²) in [5.74, 6) is -1.96. The summed E-state index contributed by atoms with van der Waals surface area (Å²) in [5.41, 5.74) is -4.52. The normalized spacial score (nSPS) is 28.1. The molecule has 12 heteroatoms. The molecule has 3 aromatic carbocycles. The van der Waals surface area contributed by atoms with E-state index in [9.17, 15) is 20.1 Å². The topological polar surface area (TPSA) is 156 Å². The van der Waals surface area contributed by atoms with Crippen LogP contribution in [0.15, 0.2) is 60.7 Å². The summed E-state index contributed by atoms with van der Waals surface area (Å²) in [6, 6.07) is 17.4. The van der Waals surface area contributed by atoms with Crippen LogP contribution in [0.4, 0.5) is 0 Å². The second-order valence-corrected chi connectivity index (χ2v) is 13.1. The van der Waals surface area contributed by atoms with Crippen molar-refractivity contribution in [1.29, 1.82) is 0 Å². The van der Waals surface area contributed by atoms with Gasteiger partial charge in [-0.2, -0.15) is 0 Å². The average Bonchev–Trinajstić information content (AvgIpc) is 3.63. The maximum Gasteiger partial charge on any atom is 0.253 e. The van der Waals surface area contributed by atoms with Gasteiger partial charge >= 0.3 is 0 Å². The first-order valence-corrected chi connectivity index (χ1v) is 16.4. The van der Waals surface area contributed by atoms with Crippen LogP contribution in [0.1, 0.15) is 55.7 Å². The van der Waals surface area contributed by atoms with E-state index in [0.717, 1.165) is 0 Å². The molecular formula is C37H44N2O10.